The minimum atomic E-state index is 0.0314. The molecule has 0 radical (unpaired) electrons. The monoisotopic (exact) mass is 449 g/mol. The molecule has 34 heavy (non-hydrogen) atoms. The van der Waals surface area contributed by atoms with Crippen LogP contribution in [0.15, 0.2) is 97.5 Å². The van der Waals surface area contributed by atoms with Gasteiger partial charge in [-0.25, -0.2) is 4.68 Å². The number of carbonyl (C=O) groups is 1. The van der Waals surface area contributed by atoms with Gasteiger partial charge in [-0.2, -0.15) is 5.10 Å². The van der Waals surface area contributed by atoms with Crippen molar-refractivity contribution >= 4 is 12.0 Å². The van der Waals surface area contributed by atoms with Crippen LogP contribution in [0.1, 0.15) is 11.1 Å². The van der Waals surface area contributed by atoms with Crippen LogP contribution in [0.3, 0.4) is 0 Å². The Morgan fingerprint density at radius 1 is 0.882 bits per heavy atom. The molecule has 1 amide bonds. The molecule has 6 nitrogen and oxygen atoms in total. The molecule has 5 rings (SSSR count). The van der Waals surface area contributed by atoms with Gasteiger partial charge in [0.25, 0.3) is 0 Å². The number of pyridine rings is 1. The Hall–Kier alpha value is -4.03. The highest BCUT2D eigenvalue weighted by atomic mass is 16.2. The third-order valence-corrected chi connectivity index (χ3v) is 6.04. The number of hydrogen-bond donors (Lipinski definition) is 0. The first-order valence-electron chi connectivity index (χ1n) is 11.5. The van der Waals surface area contributed by atoms with Gasteiger partial charge in [-0.1, -0.05) is 48.5 Å². The summed E-state index contributed by atoms with van der Waals surface area (Å²) in [5.74, 6) is 0.0314. The molecule has 1 saturated heterocycles. The molecule has 6 heteroatoms. The van der Waals surface area contributed by atoms with E-state index in [9.17, 15) is 4.79 Å². The number of rotatable bonds is 6. The number of piperazine rings is 1. The fourth-order valence-electron chi connectivity index (χ4n) is 4.18. The maximum Gasteiger partial charge on any atom is 0.246 e. The van der Waals surface area contributed by atoms with E-state index in [-0.39, 0.29) is 5.91 Å². The van der Waals surface area contributed by atoms with Crippen molar-refractivity contribution in [2.24, 2.45) is 0 Å². The van der Waals surface area contributed by atoms with Crippen molar-refractivity contribution < 1.29 is 4.79 Å². The van der Waals surface area contributed by atoms with E-state index in [0.717, 1.165) is 55.2 Å². The lowest BCUT2D eigenvalue weighted by atomic mass is 10.1. The molecule has 0 unspecified atom stereocenters. The highest BCUT2D eigenvalue weighted by molar-refractivity contribution is 5.93. The van der Waals surface area contributed by atoms with Gasteiger partial charge in [0.05, 0.1) is 5.69 Å². The van der Waals surface area contributed by atoms with Crippen LogP contribution in [-0.4, -0.2) is 56.7 Å². The first kappa shape index (κ1) is 21.8. The van der Waals surface area contributed by atoms with Gasteiger partial charge >= 0.3 is 0 Å². The van der Waals surface area contributed by atoms with E-state index in [4.69, 9.17) is 5.10 Å². The molecule has 1 fully saturated rings. The lowest BCUT2D eigenvalue weighted by Gasteiger charge is -2.34. The van der Waals surface area contributed by atoms with Gasteiger partial charge in [-0.05, 0) is 35.9 Å². The van der Waals surface area contributed by atoms with E-state index in [2.05, 4.69) is 34.1 Å². The number of carbonyl (C=O) groups excluding carboxylic acids is 1. The van der Waals surface area contributed by atoms with Crippen LogP contribution in [-0.2, 0) is 11.3 Å². The van der Waals surface area contributed by atoms with Crippen LogP contribution in [0, 0.1) is 0 Å². The Balaban J connectivity index is 1.29. The number of hydrogen-bond acceptors (Lipinski definition) is 4. The third-order valence-electron chi connectivity index (χ3n) is 6.04. The normalized spacial score (nSPS) is 14.5. The van der Waals surface area contributed by atoms with Gasteiger partial charge in [0, 0.05) is 68.5 Å². The fourth-order valence-corrected chi connectivity index (χ4v) is 4.18. The van der Waals surface area contributed by atoms with Crippen molar-refractivity contribution in [3.8, 4) is 16.9 Å². The number of benzene rings is 2. The first-order chi connectivity index (χ1) is 16.8. The molecule has 0 N–H and O–H groups in total. The zero-order valence-electron chi connectivity index (χ0n) is 19.0. The number of amides is 1. The fraction of sp³-hybridized carbons (Fsp3) is 0.179. The van der Waals surface area contributed by atoms with Crippen molar-refractivity contribution in [2.45, 2.75) is 6.54 Å². The molecule has 3 heterocycles. The van der Waals surface area contributed by atoms with Crippen LogP contribution in [0.4, 0.5) is 0 Å². The molecule has 0 saturated carbocycles. The van der Waals surface area contributed by atoms with Gasteiger partial charge in [-0.3, -0.25) is 14.7 Å². The first-order valence-corrected chi connectivity index (χ1v) is 11.5. The minimum Gasteiger partial charge on any atom is -0.337 e. The van der Waals surface area contributed by atoms with Crippen molar-refractivity contribution in [1.29, 1.82) is 0 Å². The average Bonchev–Trinajstić information content (AvgIpc) is 3.34. The highest BCUT2D eigenvalue weighted by Gasteiger charge is 2.20. The van der Waals surface area contributed by atoms with Crippen LogP contribution in [0.5, 0.6) is 0 Å². The van der Waals surface area contributed by atoms with E-state index in [0.29, 0.717) is 0 Å². The summed E-state index contributed by atoms with van der Waals surface area (Å²) in [6, 6.07) is 24.3. The molecule has 0 bridgehead atoms. The lowest BCUT2D eigenvalue weighted by Crippen LogP contribution is -2.47. The maximum absolute atomic E-state index is 12.9. The van der Waals surface area contributed by atoms with E-state index >= 15 is 0 Å². The van der Waals surface area contributed by atoms with Crippen molar-refractivity contribution in [1.82, 2.24) is 24.6 Å². The van der Waals surface area contributed by atoms with Crippen LogP contribution in [0.2, 0.25) is 0 Å². The van der Waals surface area contributed by atoms with E-state index in [1.165, 1.54) is 5.56 Å². The predicted octanol–water partition coefficient (Wildman–Crippen LogP) is 4.29. The summed E-state index contributed by atoms with van der Waals surface area (Å²) in [6.45, 7) is 4.14. The SMILES string of the molecule is O=C(/C=C/c1cn(-c2ccccc2)nc1-c1cccnc1)N1CCN(Cc2ccccc2)CC1. The summed E-state index contributed by atoms with van der Waals surface area (Å²) in [5.41, 5.74) is 4.87. The molecule has 170 valence electrons. The summed E-state index contributed by atoms with van der Waals surface area (Å²) >= 11 is 0. The second-order valence-electron chi connectivity index (χ2n) is 8.38. The second-order valence-corrected chi connectivity index (χ2v) is 8.38. The van der Waals surface area contributed by atoms with E-state index < -0.39 is 0 Å². The maximum atomic E-state index is 12.9. The highest BCUT2D eigenvalue weighted by Crippen LogP contribution is 2.24. The number of aromatic nitrogens is 3. The van der Waals surface area contributed by atoms with Gasteiger partial charge in [-0.15, -0.1) is 0 Å². The largest absolute Gasteiger partial charge is 0.337 e. The summed E-state index contributed by atoms with van der Waals surface area (Å²) in [7, 11) is 0. The Kier molecular flexibility index (Phi) is 6.59. The van der Waals surface area contributed by atoms with Gasteiger partial charge in [0.15, 0.2) is 0 Å². The van der Waals surface area contributed by atoms with Crippen LogP contribution in [0.25, 0.3) is 23.0 Å². The zero-order valence-corrected chi connectivity index (χ0v) is 19.0. The molecule has 2 aromatic carbocycles. The van der Waals surface area contributed by atoms with Crippen molar-refractivity contribution in [3.05, 3.63) is 109 Å². The van der Waals surface area contributed by atoms with E-state index in [1.807, 2.05) is 70.4 Å². The Morgan fingerprint density at radius 2 is 1.62 bits per heavy atom. The summed E-state index contributed by atoms with van der Waals surface area (Å²) < 4.78 is 1.84. The summed E-state index contributed by atoms with van der Waals surface area (Å²) in [4.78, 5) is 21.5. The Morgan fingerprint density at radius 3 is 2.32 bits per heavy atom. The van der Waals surface area contributed by atoms with E-state index in [1.54, 1.807) is 18.5 Å². The molecule has 0 spiro atoms. The van der Waals surface area contributed by atoms with Gasteiger partial charge < -0.3 is 4.90 Å². The Labute approximate surface area is 199 Å². The number of nitrogens with zero attached hydrogens (tertiary/aromatic N) is 5. The Bertz CT molecular complexity index is 1240. The quantitative estimate of drug-likeness (QED) is 0.412. The van der Waals surface area contributed by atoms with Crippen molar-refractivity contribution in [2.75, 3.05) is 26.2 Å². The third kappa shape index (κ3) is 5.13. The average molecular weight is 450 g/mol. The molecular formula is C28H27N5O. The topological polar surface area (TPSA) is 54.3 Å². The zero-order chi connectivity index (χ0) is 23.2. The standard InChI is InChI=1S/C28H27N5O/c34-27(32-18-16-31(17-19-32)21-23-8-3-1-4-9-23)14-13-25-22-33(26-11-5-2-6-12-26)30-28(25)24-10-7-15-29-20-24/h1-15,20,22H,16-19,21H2/b14-13+. The summed E-state index contributed by atoms with van der Waals surface area (Å²) in [5, 5.41) is 4.78. The smallest absolute Gasteiger partial charge is 0.246 e. The number of para-hydroxylation sites is 1. The molecule has 0 aliphatic carbocycles. The molecule has 1 aliphatic rings. The minimum absolute atomic E-state index is 0.0314. The summed E-state index contributed by atoms with van der Waals surface area (Å²) in [6.07, 6.45) is 9.03. The molecule has 1 aliphatic heterocycles. The lowest BCUT2D eigenvalue weighted by molar-refractivity contribution is -0.127. The van der Waals surface area contributed by atoms with Gasteiger partial charge in [0.2, 0.25) is 5.91 Å². The van der Waals surface area contributed by atoms with Crippen molar-refractivity contribution in [3.63, 3.8) is 0 Å². The van der Waals surface area contributed by atoms with Crippen LogP contribution < -0.4 is 0 Å². The van der Waals surface area contributed by atoms with Gasteiger partial charge in [0.1, 0.15) is 5.69 Å². The predicted molar refractivity (Wildman–Crippen MR) is 134 cm³/mol. The molecule has 0 atom stereocenters. The molecule has 4 aromatic rings. The second kappa shape index (κ2) is 10.3. The molecule has 2 aromatic heterocycles. The molecular weight excluding hydrogens is 422 g/mol. The van der Waals surface area contributed by atoms with Crippen LogP contribution >= 0.6 is 0 Å².